The number of carbonyl (C=O) groups is 1. The summed E-state index contributed by atoms with van der Waals surface area (Å²) in [5.41, 5.74) is 1.69. The predicted octanol–water partition coefficient (Wildman–Crippen LogP) is 1.98. The Morgan fingerprint density at radius 3 is 2.83 bits per heavy atom. The van der Waals surface area contributed by atoms with E-state index in [2.05, 4.69) is 15.2 Å². The van der Waals surface area contributed by atoms with Crippen LogP contribution in [-0.4, -0.2) is 41.9 Å². The minimum absolute atomic E-state index is 0.0147. The summed E-state index contributed by atoms with van der Waals surface area (Å²) in [6.07, 6.45) is 10.9. The van der Waals surface area contributed by atoms with Crippen LogP contribution in [0.15, 0.2) is 49.2 Å². The van der Waals surface area contributed by atoms with E-state index >= 15 is 0 Å². The van der Waals surface area contributed by atoms with Crippen LogP contribution in [0.2, 0.25) is 0 Å². The molecule has 3 aromatic heterocycles. The zero-order chi connectivity index (χ0) is 16.5. The average Bonchev–Trinajstić information content (AvgIpc) is 3.35. The average molecular weight is 322 g/mol. The van der Waals surface area contributed by atoms with Crippen LogP contribution in [0.25, 0.3) is 5.82 Å². The summed E-state index contributed by atoms with van der Waals surface area (Å²) < 4.78 is 3.44. The molecule has 1 aliphatic rings. The first-order chi connectivity index (χ1) is 11.7. The molecule has 0 unspecified atom stereocenters. The van der Waals surface area contributed by atoms with Gasteiger partial charge in [-0.2, -0.15) is 10.2 Å². The molecule has 1 amide bonds. The predicted molar refractivity (Wildman–Crippen MR) is 87.6 cm³/mol. The topological polar surface area (TPSA) is 68.8 Å². The second-order valence-electron chi connectivity index (χ2n) is 5.96. The molecular weight excluding hydrogens is 304 g/mol. The van der Waals surface area contributed by atoms with Gasteiger partial charge in [0.25, 0.3) is 5.91 Å². The van der Waals surface area contributed by atoms with Gasteiger partial charge in [0.2, 0.25) is 0 Å². The van der Waals surface area contributed by atoms with Crippen LogP contribution in [-0.2, 0) is 7.05 Å². The number of amides is 1. The third-order valence-corrected chi connectivity index (χ3v) is 4.36. The summed E-state index contributed by atoms with van der Waals surface area (Å²) >= 11 is 0. The summed E-state index contributed by atoms with van der Waals surface area (Å²) in [5, 5.41) is 8.37. The van der Waals surface area contributed by atoms with Crippen LogP contribution in [0.4, 0.5) is 0 Å². The Balaban J connectivity index is 1.56. The van der Waals surface area contributed by atoms with Gasteiger partial charge in [0.1, 0.15) is 0 Å². The van der Waals surface area contributed by atoms with Gasteiger partial charge in [0, 0.05) is 43.9 Å². The first-order valence-electron chi connectivity index (χ1n) is 7.98. The molecule has 0 saturated carbocycles. The molecule has 1 aliphatic heterocycles. The van der Waals surface area contributed by atoms with Gasteiger partial charge in [-0.3, -0.25) is 9.48 Å². The monoisotopic (exact) mass is 322 g/mol. The third-order valence-electron chi connectivity index (χ3n) is 4.36. The van der Waals surface area contributed by atoms with Gasteiger partial charge in [0.15, 0.2) is 5.82 Å². The molecule has 0 spiro atoms. The molecule has 7 heteroatoms. The summed E-state index contributed by atoms with van der Waals surface area (Å²) in [7, 11) is 1.89. The Labute approximate surface area is 139 Å². The zero-order valence-electron chi connectivity index (χ0n) is 13.4. The lowest BCUT2D eigenvalue weighted by Crippen LogP contribution is -2.30. The molecule has 4 heterocycles. The SMILES string of the molecule is Cn1cc([C@H]2CCCN2C(=O)c2ccc(-n3cccn3)nc2)cn1. The van der Waals surface area contributed by atoms with E-state index in [1.807, 2.05) is 48.7 Å². The summed E-state index contributed by atoms with van der Waals surface area (Å²) in [4.78, 5) is 19.1. The van der Waals surface area contributed by atoms with E-state index in [-0.39, 0.29) is 11.9 Å². The highest BCUT2D eigenvalue weighted by Gasteiger charge is 2.31. The minimum atomic E-state index is 0.0147. The number of nitrogens with zero attached hydrogens (tertiary/aromatic N) is 6. The first kappa shape index (κ1) is 14.6. The lowest BCUT2D eigenvalue weighted by molar-refractivity contribution is 0.0735. The second kappa shape index (κ2) is 5.92. The zero-order valence-corrected chi connectivity index (χ0v) is 13.4. The molecule has 0 aliphatic carbocycles. The van der Waals surface area contributed by atoms with Crippen molar-refractivity contribution in [3.05, 3.63) is 60.3 Å². The van der Waals surface area contributed by atoms with Gasteiger partial charge >= 0.3 is 0 Å². The number of hydrogen-bond acceptors (Lipinski definition) is 4. The fraction of sp³-hybridized carbons (Fsp3) is 0.294. The third kappa shape index (κ3) is 2.58. The fourth-order valence-electron chi connectivity index (χ4n) is 3.19. The molecule has 24 heavy (non-hydrogen) atoms. The van der Waals surface area contributed by atoms with E-state index in [9.17, 15) is 4.79 Å². The number of pyridine rings is 1. The molecule has 0 radical (unpaired) electrons. The van der Waals surface area contributed by atoms with Crippen LogP contribution in [0.3, 0.4) is 0 Å². The smallest absolute Gasteiger partial charge is 0.255 e. The molecule has 4 rings (SSSR count). The first-order valence-corrected chi connectivity index (χ1v) is 7.98. The van der Waals surface area contributed by atoms with Crippen LogP contribution in [0.5, 0.6) is 0 Å². The Morgan fingerprint density at radius 2 is 2.17 bits per heavy atom. The molecule has 3 aromatic rings. The minimum Gasteiger partial charge on any atom is -0.331 e. The standard InChI is InChI=1S/C17H18N6O/c1-21-12-14(11-20-21)15-4-2-8-22(15)17(24)13-5-6-16(18-10-13)23-9-3-7-19-23/h3,5-7,9-12,15H,2,4,8H2,1H3/t15-/m1/s1. The van der Waals surface area contributed by atoms with Crippen molar-refractivity contribution < 1.29 is 4.79 Å². The van der Waals surface area contributed by atoms with Gasteiger partial charge < -0.3 is 4.90 Å². The van der Waals surface area contributed by atoms with E-state index in [1.165, 1.54) is 0 Å². The number of aromatic nitrogens is 5. The Bertz CT molecular complexity index is 836. The highest BCUT2D eigenvalue weighted by Crippen LogP contribution is 2.32. The van der Waals surface area contributed by atoms with Gasteiger partial charge in [-0.25, -0.2) is 9.67 Å². The van der Waals surface area contributed by atoms with E-state index < -0.39 is 0 Å². The maximum atomic E-state index is 12.9. The van der Waals surface area contributed by atoms with E-state index in [0.717, 1.165) is 24.9 Å². The lowest BCUT2D eigenvalue weighted by atomic mass is 10.1. The largest absolute Gasteiger partial charge is 0.331 e. The van der Waals surface area contributed by atoms with Crippen LogP contribution < -0.4 is 0 Å². The number of carbonyl (C=O) groups excluding carboxylic acids is 1. The number of aryl methyl sites for hydroxylation is 1. The fourth-order valence-corrected chi connectivity index (χ4v) is 3.19. The summed E-state index contributed by atoms with van der Waals surface area (Å²) in [5.74, 6) is 0.711. The maximum Gasteiger partial charge on any atom is 0.255 e. The molecule has 122 valence electrons. The van der Waals surface area contributed by atoms with E-state index in [0.29, 0.717) is 11.4 Å². The van der Waals surface area contributed by atoms with Crippen molar-refractivity contribution in [1.29, 1.82) is 0 Å². The number of hydrogen-bond donors (Lipinski definition) is 0. The molecule has 0 N–H and O–H groups in total. The van der Waals surface area contributed by atoms with E-state index in [1.54, 1.807) is 21.8 Å². The number of likely N-dealkylation sites (tertiary alicyclic amines) is 1. The van der Waals surface area contributed by atoms with Crippen molar-refractivity contribution in [2.45, 2.75) is 18.9 Å². The maximum absolute atomic E-state index is 12.9. The van der Waals surface area contributed by atoms with Gasteiger partial charge in [0.05, 0.1) is 17.8 Å². The van der Waals surface area contributed by atoms with Crippen LogP contribution in [0.1, 0.15) is 34.8 Å². The normalized spacial score (nSPS) is 17.4. The summed E-state index contributed by atoms with van der Waals surface area (Å²) in [6, 6.07) is 5.56. The Hall–Kier alpha value is -2.96. The van der Waals surface area contributed by atoms with Crippen molar-refractivity contribution in [3.63, 3.8) is 0 Å². The molecule has 0 bridgehead atoms. The van der Waals surface area contributed by atoms with Crippen LogP contribution >= 0.6 is 0 Å². The van der Waals surface area contributed by atoms with Gasteiger partial charge in [-0.15, -0.1) is 0 Å². The Kier molecular flexibility index (Phi) is 3.60. The molecule has 0 aromatic carbocycles. The van der Waals surface area contributed by atoms with Crippen molar-refractivity contribution in [1.82, 2.24) is 29.4 Å². The van der Waals surface area contributed by atoms with Crippen molar-refractivity contribution in [2.24, 2.45) is 7.05 Å². The van der Waals surface area contributed by atoms with Gasteiger partial charge in [-0.1, -0.05) is 0 Å². The van der Waals surface area contributed by atoms with E-state index in [4.69, 9.17) is 0 Å². The second-order valence-corrected chi connectivity index (χ2v) is 5.96. The molecule has 1 fully saturated rings. The van der Waals surface area contributed by atoms with Crippen molar-refractivity contribution in [2.75, 3.05) is 6.54 Å². The highest BCUT2D eigenvalue weighted by atomic mass is 16.2. The molecule has 7 nitrogen and oxygen atoms in total. The number of rotatable bonds is 3. The summed E-state index contributed by atoms with van der Waals surface area (Å²) in [6.45, 7) is 0.763. The van der Waals surface area contributed by atoms with Gasteiger partial charge in [-0.05, 0) is 31.0 Å². The Morgan fingerprint density at radius 1 is 1.25 bits per heavy atom. The van der Waals surface area contributed by atoms with Crippen LogP contribution in [0, 0.1) is 0 Å². The van der Waals surface area contributed by atoms with Crippen molar-refractivity contribution >= 4 is 5.91 Å². The van der Waals surface area contributed by atoms with Crippen molar-refractivity contribution in [3.8, 4) is 5.82 Å². The highest BCUT2D eigenvalue weighted by molar-refractivity contribution is 5.94. The quantitative estimate of drug-likeness (QED) is 0.739. The molecule has 1 saturated heterocycles. The molecular formula is C17H18N6O. The lowest BCUT2D eigenvalue weighted by Gasteiger charge is -2.23. The molecule has 1 atom stereocenters.